The molecule has 1 heteroatoms. The highest BCUT2D eigenvalue weighted by molar-refractivity contribution is 5.32. The molecule has 0 fully saturated rings. The lowest BCUT2D eigenvalue weighted by molar-refractivity contribution is 0.327. The Morgan fingerprint density at radius 2 is 2.27 bits per heavy atom. The second-order valence-corrected chi connectivity index (χ2v) is 5.12. The maximum absolute atomic E-state index is 8.99. The molecule has 1 aliphatic rings. The van der Waals surface area contributed by atoms with Gasteiger partial charge >= 0.3 is 0 Å². The van der Waals surface area contributed by atoms with E-state index in [2.05, 4.69) is 33.4 Å². The zero-order valence-corrected chi connectivity index (χ0v) is 10.3. The lowest BCUT2D eigenvalue weighted by Crippen LogP contribution is -2.21. The molecule has 1 atom stereocenters. The van der Waals surface area contributed by atoms with Crippen molar-refractivity contribution in [2.24, 2.45) is 11.3 Å². The first kappa shape index (κ1) is 12.3. The van der Waals surface area contributed by atoms with Crippen molar-refractivity contribution < 1.29 is 5.11 Å². The molecule has 0 heterocycles. The Morgan fingerprint density at radius 1 is 1.67 bits per heavy atom. The molecule has 0 spiro atoms. The predicted molar refractivity (Wildman–Crippen MR) is 65.6 cm³/mol. The minimum atomic E-state index is 0.124. The molecule has 1 unspecified atom stereocenters. The molecule has 15 heavy (non-hydrogen) atoms. The third-order valence-corrected chi connectivity index (χ3v) is 3.68. The van der Waals surface area contributed by atoms with Gasteiger partial charge in [0.05, 0.1) is 6.61 Å². The van der Waals surface area contributed by atoms with Crippen molar-refractivity contribution in [3.8, 4) is 0 Å². The van der Waals surface area contributed by atoms with Gasteiger partial charge in [0.25, 0.3) is 0 Å². The van der Waals surface area contributed by atoms with E-state index >= 15 is 0 Å². The number of hydrogen-bond acceptors (Lipinski definition) is 1. The standard InChI is InChI=1S/C14H22O/c1-10(9-15)8-11(2)13-7-6-12(3)14(13,4)5/h6,8,13,15H,2,7,9H2,1,3-5H3/b10-8+. The summed E-state index contributed by atoms with van der Waals surface area (Å²) in [5.74, 6) is 0.485. The molecule has 0 aromatic carbocycles. The molecule has 0 aromatic heterocycles. The summed E-state index contributed by atoms with van der Waals surface area (Å²) >= 11 is 0. The summed E-state index contributed by atoms with van der Waals surface area (Å²) in [6.07, 6.45) is 5.41. The van der Waals surface area contributed by atoms with Crippen LogP contribution in [-0.2, 0) is 0 Å². The largest absolute Gasteiger partial charge is 0.392 e. The van der Waals surface area contributed by atoms with Crippen molar-refractivity contribution in [1.82, 2.24) is 0 Å². The Kier molecular flexibility index (Phi) is 3.56. The molecule has 0 aliphatic heterocycles. The van der Waals surface area contributed by atoms with Gasteiger partial charge in [0.15, 0.2) is 0 Å². The Hall–Kier alpha value is -0.820. The summed E-state index contributed by atoms with van der Waals surface area (Å²) in [6, 6.07) is 0. The number of aliphatic hydroxyl groups is 1. The van der Waals surface area contributed by atoms with Gasteiger partial charge in [-0.2, -0.15) is 0 Å². The van der Waals surface area contributed by atoms with Gasteiger partial charge in [0.2, 0.25) is 0 Å². The summed E-state index contributed by atoms with van der Waals surface area (Å²) in [5, 5.41) is 8.99. The SMILES string of the molecule is C=C(/C=C(\C)CO)C1CC=C(C)C1(C)C. The van der Waals surface area contributed by atoms with Crippen molar-refractivity contribution in [3.63, 3.8) is 0 Å². The van der Waals surface area contributed by atoms with Gasteiger partial charge in [0.1, 0.15) is 0 Å². The molecule has 1 N–H and O–H groups in total. The fourth-order valence-electron chi connectivity index (χ4n) is 2.20. The topological polar surface area (TPSA) is 20.2 Å². The number of rotatable bonds is 3. The molecule has 1 nitrogen and oxygen atoms in total. The summed E-state index contributed by atoms with van der Waals surface area (Å²) in [6.45, 7) is 12.9. The van der Waals surface area contributed by atoms with E-state index in [0.29, 0.717) is 5.92 Å². The molecule has 1 aliphatic carbocycles. The fraction of sp³-hybridized carbons (Fsp3) is 0.571. The van der Waals surface area contributed by atoms with Crippen LogP contribution in [0.1, 0.15) is 34.1 Å². The smallest absolute Gasteiger partial charge is 0.0642 e. The maximum atomic E-state index is 8.99. The monoisotopic (exact) mass is 206 g/mol. The Balaban J connectivity index is 2.81. The van der Waals surface area contributed by atoms with E-state index in [1.54, 1.807) is 0 Å². The van der Waals surface area contributed by atoms with Crippen LogP contribution in [0.15, 0.2) is 35.5 Å². The van der Waals surface area contributed by atoms with Gasteiger partial charge in [-0.05, 0) is 37.2 Å². The maximum Gasteiger partial charge on any atom is 0.0642 e. The third kappa shape index (κ3) is 2.40. The molecule has 0 bridgehead atoms. The molecule has 0 saturated carbocycles. The van der Waals surface area contributed by atoms with Crippen molar-refractivity contribution in [3.05, 3.63) is 35.5 Å². The molecular formula is C14H22O. The van der Waals surface area contributed by atoms with Crippen LogP contribution in [0.5, 0.6) is 0 Å². The van der Waals surface area contributed by atoms with Gasteiger partial charge in [-0.3, -0.25) is 0 Å². The van der Waals surface area contributed by atoms with E-state index in [4.69, 9.17) is 5.11 Å². The van der Waals surface area contributed by atoms with Crippen molar-refractivity contribution >= 4 is 0 Å². The van der Waals surface area contributed by atoms with Crippen molar-refractivity contribution in [2.45, 2.75) is 34.1 Å². The Bertz CT molecular complexity index is 318. The summed E-state index contributed by atoms with van der Waals surface area (Å²) in [4.78, 5) is 0. The van der Waals surface area contributed by atoms with Crippen molar-refractivity contribution in [1.29, 1.82) is 0 Å². The predicted octanol–water partition coefficient (Wildman–Crippen LogP) is 3.47. The van der Waals surface area contributed by atoms with Gasteiger partial charge in [-0.25, -0.2) is 0 Å². The molecule has 0 amide bonds. The van der Waals surface area contributed by atoms with Crippen LogP contribution in [-0.4, -0.2) is 11.7 Å². The summed E-state index contributed by atoms with van der Waals surface area (Å²) in [7, 11) is 0. The van der Waals surface area contributed by atoms with E-state index in [-0.39, 0.29) is 12.0 Å². The summed E-state index contributed by atoms with van der Waals surface area (Å²) < 4.78 is 0. The molecule has 0 aromatic rings. The highest BCUT2D eigenvalue weighted by Gasteiger charge is 2.35. The lowest BCUT2D eigenvalue weighted by Gasteiger charge is -2.30. The van der Waals surface area contributed by atoms with E-state index in [0.717, 1.165) is 17.6 Å². The van der Waals surface area contributed by atoms with E-state index < -0.39 is 0 Å². The Labute approximate surface area is 93.2 Å². The van der Waals surface area contributed by atoms with Crippen LogP contribution in [0.3, 0.4) is 0 Å². The highest BCUT2D eigenvalue weighted by Crippen LogP contribution is 2.46. The normalized spacial score (nSPS) is 25.3. The van der Waals surface area contributed by atoms with Gasteiger partial charge < -0.3 is 5.11 Å². The fourth-order valence-corrected chi connectivity index (χ4v) is 2.20. The molecule has 0 saturated heterocycles. The lowest BCUT2D eigenvalue weighted by atomic mass is 9.74. The molecule has 1 rings (SSSR count). The third-order valence-electron chi connectivity index (χ3n) is 3.68. The average Bonchev–Trinajstić information content (AvgIpc) is 2.41. The zero-order chi connectivity index (χ0) is 11.6. The van der Waals surface area contributed by atoms with Crippen LogP contribution >= 0.6 is 0 Å². The van der Waals surface area contributed by atoms with Crippen molar-refractivity contribution in [2.75, 3.05) is 6.61 Å². The first-order valence-corrected chi connectivity index (χ1v) is 5.53. The molecular weight excluding hydrogens is 184 g/mol. The summed E-state index contributed by atoms with van der Waals surface area (Å²) in [5.41, 5.74) is 3.78. The van der Waals surface area contributed by atoms with Gasteiger partial charge in [-0.15, -0.1) is 0 Å². The van der Waals surface area contributed by atoms with E-state index in [1.807, 2.05) is 13.0 Å². The van der Waals surface area contributed by atoms with Crippen LogP contribution in [0.2, 0.25) is 0 Å². The molecule has 0 radical (unpaired) electrons. The number of aliphatic hydroxyl groups excluding tert-OH is 1. The van der Waals surface area contributed by atoms with E-state index in [1.165, 1.54) is 5.57 Å². The van der Waals surface area contributed by atoms with Crippen LogP contribution in [0.25, 0.3) is 0 Å². The van der Waals surface area contributed by atoms with E-state index in [9.17, 15) is 0 Å². The molecule has 84 valence electrons. The second-order valence-electron chi connectivity index (χ2n) is 5.12. The van der Waals surface area contributed by atoms with Crippen LogP contribution in [0.4, 0.5) is 0 Å². The Morgan fingerprint density at radius 3 is 2.67 bits per heavy atom. The quantitative estimate of drug-likeness (QED) is 0.553. The second kappa shape index (κ2) is 4.36. The minimum absolute atomic E-state index is 0.124. The minimum Gasteiger partial charge on any atom is -0.392 e. The van der Waals surface area contributed by atoms with Crippen LogP contribution in [0, 0.1) is 11.3 Å². The number of allylic oxidation sites excluding steroid dienone is 4. The first-order chi connectivity index (χ1) is 6.89. The van der Waals surface area contributed by atoms with Gasteiger partial charge in [0, 0.05) is 0 Å². The van der Waals surface area contributed by atoms with Crippen LogP contribution < -0.4 is 0 Å². The number of hydrogen-bond donors (Lipinski definition) is 1. The average molecular weight is 206 g/mol. The highest BCUT2D eigenvalue weighted by atomic mass is 16.3. The first-order valence-electron chi connectivity index (χ1n) is 5.53. The zero-order valence-electron chi connectivity index (χ0n) is 10.3. The van der Waals surface area contributed by atoms with Gasteiger partial charge in [-0.1, -0.05) is 43.7 Å².